The van der Waals surface area contributed by atoms with Crippen LogP contribution in [-0.4, -0.2) is 15.6 Å². The summed E-state index contributed by atoms with van der Waals surface area (Å²) in [7, 11) is 0. The Morgan fingerprint density at radius 1 is 1.39 bits per heavy atom. The molecule has 2 rings (SSSR count). The number of imidazole rings is 1. The first-order valence-electron chi connectivity index (χ1n) is 6.53. The smallest absolute Gasteiger partial charge is 0.123 e. The summed E-state index contributed by atoms with van der Waals surface area (Å²) in [4.78, 5) is 4.72. The van der Waals surface area contributed by atoms with E-state index < -0.39 is 0 Å². The van der Waals surface area contributed by atoms with Crippen molar-refractivity contribution >= 4 is 27.0 Å². The maximum Gasteiger partial charge on any atom is 0.123 e. The summed E-state index contributed by atoms with van der Waals surface area (Å²) in [5.74, 6) is 1.12. The molecule has 0 fully saturated rings. The van der Waals surface area contributed by atoms with Crippen molar-refractivity contribution in [3.8, 4) is 0 Å². The Balaban J connectivity index is 2.32. The van der Waals surface area contributed by atoms with E-state index in [1.807, 2.05) is 0 Å². The van der Waals surface area contributed by atoms with Gasteiger partial charge >= 0.3 is 0 Å². The van der Waals surface area contributed by atoms with Gasteiger partial charge in [-0.05, 0) is 38.5 Å². The zero-order chi connectivity index (χ0) is 13.1. The second-order valence-corrected chi connectivity index (χ2v) is 5.51. The molecule has 0 spiro atoms. The van der Waals surface area contributed by atoms with Crippen LogP contribution < -0.4 is 5.32 Å². The zero-order valence-corrected chi connectivity index (χ0v) is 12.8. The maximum atomic E-state index is 4.72. The van der Waals surface area contributed by atoms with Crippen molar-refractivity contribution in [3.05, 3.63) is 28.5 Å². The highest BCUT2D eigenvalue weighted by molar-refractivity contribution is 9.10. The molecule has 3 nitrogen and oxygen atoms in total. The molecule has 2 aromatic rings. The fraction of sp³-hybridized carbons (Fsp3) is 0.500. The van der Waals surface area contributed by atoms with Crippen LogP contribution >= 0.6 is 15.9 Å². The monoisotopic (exact) mass is 309 g/mol. The molecule has 4 heteroatoms. The van der Waals surface area contributed by atoms with E-state index in [9.17, 15) is 0 Å². The number of nitrogens with zero attached hydrogens (tertiary/aromatic N) is 2. The number of aryl methyl sites for hydroxylation is 1. The van der Waals surface area contributed by atoms with Crippen LogP contribution in [0.15, 0.2) is 22.7 Å². The third-order valence-electron chi connectivity index (χ3n) is 3.33. The number of benzene rings is 1. The molecule has 0 aliphatic rings. The number of fused-ring (bicyclic) bond motifs is 1. The van der Waals surface area contributed by atoms with Crippen molar-refractivity contribution < 1.29 is 0 Å². The van der Waals surface area contributed by atoms with Gasteiger partial charge in [-0.3, -0.25) is 0 Å². The summed E-state index contributed by atoms with van der Waals surface area (Å²) in [5, 5.41) is 3.50. The minimum atomic E-state index is 0.529. The fourth-order valence-electron chi connectivity index (χ4n) is 2.05. The lowest BCUT2D eigenvalue weighted by atomic mass is 10.2. The Bertz CT molecular complexity index is 533. The average Bonchev–Trinajstić information content (AvgIpc) is 2.72. The van der Waals surface area contributed by atoms with Gasteiger partial charge in [0.1, 0.15) is 5.82 Å². The summed E-state index contributed by atoms with van der Waals surface area (Å²) in [6.45, 7) is 8.34. The normalized spacial score (nSPS) is 13.1. The van der Waals surface area contributed by atoms with Crippen LogP contribution in [0.5, 0.6) is 0 Å². The molecule has 1 aromatic heterocycles. The van der Waals surface area contributed by atoms with E-state index >= 15 is 0 Å². The van der Waals surface area contributed by atoms with Gasteiger partial charge in [-0.2, -0.15) is 0 Å². The van der Waals surface area contributed by atoms with Crippen LogP contribution in [-0.2, 0) is 13.1 Å². The summed E-state index contributed by atoms with van der Waals surface area (Å²) >= 11 is 3.50. The van der Waals surface area contributed by atoms with E-state index in [4.69, 9.17) is 4.98 Å². The summed E-state index contributed by atoms with van der Waals surface area (Å²) in [6, 6.07) is 6.81. The lowest BCUT2D eigenvalue weighted by Crippen LogP contribution is -2.26. The van der Waals surface area contributed by atoms with E-state index in [-0.39, 0.29) is 0 Å². The standard InChI is InChI=1S/C14H20BrN3/c1-4-10(3)16-9-14-17-12-8-11(15)6-7-13(12)18(14)5-2/h6-8,10,16H,4-5,9H2,1-3H3. The first kappa shape index (κ1) is 13.6. The third-order valence-corrected chi connectivity index (χ3v) is 3.82. The second kappa shape index (κ2) is 5.85. The van der Waals surface area contributed by atoms with Crippen LogP contribution in [0.1, 0.15) is 33.0 Å². The Hall–Kier alpha value is -0.870. The first-order chi connectivity index (χ1) is 8.65. The van der Waals surface area contributed by atoms with Gasteiger partial charge in [-0.15, -0.1) is 0 Å². The Labute approximate surface area is 117 Å². The highest BCUT2D eigenvalue weighted by Crippen LogP contribution is 2.21. The molecule has 18 heavy (non-hydrogen) atoms. The number of rotatable bonds is 5. The summed E-state index contributed by atoms with van der Waals surface area (Å²) in [6.07, 6.45) is 1.14. The summed E-state index contributed by atoms with van der Waals surface area (Å²) < 4.78 is 3.36. The van der Waals surface area contributed by atoms with E-state index in [1.165, 1.54) is 5.52 Å². The fourth-order valence-corrected chi connectivity index (χ4v) is 2.40. The predicted molar refractivity (Wildman–Crippen MR) is 79.7 cm³/mol. The Morgan fingerprint density at radius 3 is 2.83 bits per heavy atom. The SMILES string of the molecule is CCC(C)NCc1nc2cc(Br)ccc2n1CC. The quantitative estimate of drug-likeness (QED) is 0.912. The molecule has 0 aliphatic carbocycles. The largest absolute Gasteiger partial charge is 0.327 e. The van der Waals surface area contributed by atoms with Gasteiger partial charge in [0.05, 0.1) is 17.6 Å². The summed E-state index contributed by atoms with van der Waals surface area (Å²) in [5.41, 5.74) is 2.27. The van der Waals surface area contributed by atoms with Crippen LogP contribution in [0.2, 0.25) is 0 Å². The first-order valence-corrected chi connectivity index (χ1v) is 7.33. The second-order valence-electron chi connectivity index (χ2n) is 4.60. The van der Waals surface area contributed by atoms with Gasteiger partial charge < -0.3 is 9.88 Å². The van der Waals surface area contributed by atoms with Gasteiger partial charge in [0.25, 0.3) is 0 Å². The predicted octanol–water partition coefficient (Wildman–Crippen LogP) is 3.71. The van der Waals surface area contributed by atoms with Crippen molar-refractivity contribution in [2.45, 2.75) is 46.3 Å². The number of hydrogen-bond donors (Lipinski definition) is 1. The number of aromatic nitrogens is 2. The molecule has 0 amide bonds. The van der Waals surface area contributed by atoms with Gasteiger partial charge in [-0.1, -0.05) is 22.9 Å². The van der Waals surface area contributed by atoms with Crippen molar-refractivity contribution in [2.24, 2.45) is 0 Å². The molecule has 1 unspecified atom stereocenters. The average molecular weight is 310 g/mol. The molecule has 0 saturated carbocycles. The zero-order valence-electron chi connectivity index (χ0n) is 11.2. The molecule has 98 valence electrons. The van der Waals surface area contributed by atoms with Crippen LogP contribution in [0, 0.1) is 0 Å². The van der Waals surface area contributed by atoms with Crippen LogP contribution in [0.3, 0.4) is 0 Å². The maximum absolute atomic E-state index is 4.72. The minimum absolute atomic E-state index is 0.529. The lowest BCUT2D eigenvalue weighted by Gasteiger charge is -2.11. The number of hydrogen-bond acceptors (Lipinski definition) is 2. The van der Waals surface area contributed by atoms with E-state index in [1.54, 1.807) is 0 Å². The van der Waals surface area contributed by atoms with E-state index in [0.717, 1.165) is 35.3 Å². The number of nitrogens with one attached hydrogen (secondary N) is 1. The molecular weight excluding hydrogens is 290 g/mol. The van der Waals surface area contributed by atoms with Crippen molar-refractivity contribution in [3.63, 3.8) is 0 Å². The molecule has 1 heterocycles. The molecule has 0 saturated heterocycles. The highest BCUT2D eigenvalue weighted by Gasteiger charge is 2.10. The van der Waals surface area contributed by atoms with Crippen LogP contribution in [0.25, 0.3) is 11.0 Å². The molecule has 0 aliphatic heterocycles. The van der Waals surface area contributed by atoms with Crippen molar-refractivity contribution in [1.29, 1.82) is 0 Å². The van der Waals surface area contributed by atoms with Gasteiger partial charge in [0.15, 0.2) is 0 Å². The molecule has 1 aromatic carbocycles. The van der Waals surface area contributed by atoms with E-state index in [0.29, 0.717) is 6.04 Å². The lowest BCUT2D eigenvalue weighted by molar-refractivity contribution is 0.512. The Morgan fingerprint density at radius 2 is 2.17 bits per heavy atom. The third kappa shape index (κ3) is 2.75. The highest BCUT2D eigenvalue weighted by atomic mass is 79.9. The number of halogens is 1. The van der Waals surface area contributed by atoms with Gasteiger partial charge in [-0.25, -0.2) is 4.98 Å². The molecule has 0 radical (unpaired) electrons. The van der Waals surface area contributed by atoms with Crippen LogP contribution in [0.4, 0.5) is 0 Å². The van der Waals surface area contributed by atoms with Gasteiger partial charge in [0, 0.05) is 17.1 Å². The minimum Gasteiger partial charge on any atom is -0.327 e. The Kier molecular flexibility index (Phi) is 4.40. The molecule has 1 atom stereocenters. The van der Waals surface area contributed by atoms with Gasteiger partial charge in [0.2, 0.25) is 0 Å². The molecular formula is C14H20BrN3. The molecule has 1 N–H and O–H groups in total. The van der Waals surface area contributed by atoms with E-state index in [2.05, 4.69) is 64.8 Å². The van der Waals surface area contributed by atoms with Crippen molar-refractivity contribution in [2.75, 3.05) is 0 Å². The molecule has 0 bridgehead atoms. The topological polar surface area (TPSA) is 29.9 Å². The van der Waals surface area contributed by atoms with Crippen molar-refractivity contribution in [1.82, 2.24) is 14.9 Å².